The molecular weight excluding hydrogens is 194 g/mol. The summed E-state index contributed by atoms with van der Waals surface area (Å²) in [5.41, 5.74) is 5.33. The van der Waals surface area contributed by atoms with Gasteiger partial charge in [0, 0.05) is 25.5 Å². The molecule has 0 fully saturated rings. The molecule has 2 N–H and O–H groups in total. The Hall–Kier alpha value is -1.75. The van der Waals surface area contributed by atoms with E-state index in [1.165, 1.54) is 0 Å². The van der Waals surface area contributed by atoms with E-state index < -0.39 is 0 Å². The first-order chi connectivity index (χ1) is 7.31. The van der Waals surface area contributed by atoms with E-state index in [1.54, 1.807) is 33.9 Å². The third kappa shape index (κ3) is 2.02. The molecule has 0 aliphatic heterocycles. The van der Waals surface area contributed by atoms with Crippen LogP contribution in [0.15, 0.2) is 40.0 Å². The smallest absolute Gasteiger partial charge is 0.328 e. The SMILES string of the molecule is NCCn1ccn(Cc2ccco2)c1=O. The summed E-state index contributed by atoms with van der Waals surface area (Å²) in [6.45, 7) is 1.47. The lowest BCUT2D eigenvalue weighted by molar-refractivity contribution is 0.487. The first-order valence-corrected chi connectivity index (χ1v) is 4.79. The van der Waals surface area contributed by atoms with Crippen molar-refractivity contribution in [2.45, 2.75) is 13.1 Å². The Morgan fingerprint density at radius 1 is 1.33 bits per heavy atom. The molecule has 2 aromatic rings. The van der Waals surface area contributed by atoms with Crippen LogP contribution < -0.4 is 11.4 Å². The summed E-state index contributed by atoms with van der Waals surface area (Å²) in [6.07, 6.45) is 5.07. The molecule has 0 atom stereocenters. The molecule has 5 nitrogen and oxygen atoms in total. The lowest BCUT2D eigenvalue weighted by atomic mass is 10.4. The van der Waals surface area contributed by atoms with Gasteiger partial charge in [-0.15, -0.1) is 0 Å². The van der Waals surface area contributed by atoms with E-state index >= 15 is 0 Å². The van der Waals surface area contributed by atoms with E-state index in [9.17, 15) is 4.79 Å². The monoisotopic (exact) mass is 207 g/mol. The average molecular weight is 207 g/mol. The Morgan fingerprint density at radius 2 is 2.13 bits per heavy atom. The molecule has 2 aromatic heterocycles. The van der Waals surface area contributed by atoms with E-state index in [0.717, 1.165) is 5.76 Å². The minimum absolute atomic E-state index is 0.0585. The van der Waals surface area contributed by atoms with Crippen molar-refractivity contribution < 1.29 is 4.42 Å². The molecule has 5 heteroatoms. The fraction of sp³-hybridized carbons (Fsp3) is 0.300. The molecule has 0 unspecified atom stereocenters. The first kappa shape index (κ1) is 9.79. The lowest BCUT2D eigenvalue weighted by Gasteiger charge is -1.98. The number of aromatic nitrogens is 2. The number of hydrogen-bond acceptors (Lipinski definition) is 3. The molecule has 0 amide bonds. The Balaban J connectivity index is 2.19. The zero-order valence-corrected chi connectivity index (χ0v) is 8.30. The van der Waals surface area contributed by atoms with Gasteiger partial charge >= 0.3 is 5.69 Å². The van der Waals surface area contributed by atoms with Crippen LogP contribution >= 0.6 is 0 Å². The molecule has 0 aliphatic carbocycles. The summed E-state index contributed by atoms with van der Waals surface area (Å²) in [7, 11) is 0. The van der Waals surface area contributed by atoms with Gasteiger partial charge in [-0.25, -0.2) is 4.79 Å². The van der Waals surface area contributed by atoms with Crippen molar-refractivity contribution in [2.75, 3.05) is 6.54 Å². The van der Waals surface area contributed by atoms with Crippen LogP contribution in [0.3, 0.4) is 0 Å². The molecule has 0 bridgehead atoms. The van der Waals surface area contributed by atoms with E-state index in [-0.39, 0.29) is 5.69 Å². The number of nitrogens with two attached hydrogens (primary N) is 1. The molecule has 0 spiro atoms. The number of rotatable bonds is 4. The van der Waals surface area contributed by atoms with Gasteiger partial charge in [0.15, 0.2) is 0 Å². The van der Waals surface area contributed by atoms with Crippen LogP contribution in [0.25, 0.3) is 0 Å². The quantitative estimate of drug-likeness (QED) is 0.781. The van der Waals surface area contributed by atoms with Gasteiger partial charge in [-0.1, -0.05) is 0 Å². The third-order valence-corrected chi connectivity index (χ3v) is 2.19. The molecular formula is C10H13N3O2. The molecule has 2 rings (SSSR count). The highest BCUT2D eigenvalue weighted by molar-refractivity contribution is 4.99. The maximum atomic E-state index is 11.7. The maximum Gasteiger partial charge on any atom is 0.328 e. The molecule has 0 saturated heterocycles. The average Bonchev–Trinajstić information content (AvgIpc) is 2.83. The zero-order valence-electron chi connectivity index (χ0n) is 8.30. The van der Waals surface area contributed by atoms with Gasteiger partial charge in [0.25, 0.3) is 0 Å². The normalized spacial score (nSPS) is 10.7. The highest BCUT2D eigenvalue weighted by Gasteiger charge is 2.04. The maximum absolute atomic E-state index is 11.7. The second-order valence-corrected chi connectivity index (χ2v) is 3.27. The van der Waals surface area contributed by atoms with Crippen LogP contribution in [-0.2, 0) is 13.1 Å². The molecule has 2 heterocycles. The van der Waals surface area contributed by atoms with Crippen molar-refractivity contribution in [1.82, 2.24) is 9.13 Å². The standard InChI is InChI=1S/C10H13N3O2/c11-3-4-12-5-6-13(10(12)14)8-9-2-1-7-15-9/h1-2,5-7H,3-4,8,11H2. The summed E-state index contributed by atoms with van der Waals surface area (Å²) < 4.78 is 8.35. The summed E-state index contributed by atoms with van der Waals surface area (Å²) in [5.74, 6) is 0.766. The first-order valence-electron chi connectivity index (χ1n) is 4.79. The van der Waals surface area contributed by atoms with Crippen molar-refractivity contribution >= 4 is 0 Å². The highest BCUT2D eigenvalue weighted by atomic mass is 16.3. The van der Waals surface area contributed by atoms with Gasteiger partial charge in [0.1, 0.15) is 5.76 Å². The molecule has 15 heavy (non-hydrogen) atoms. The molecule has 0 radical (unpaired) electrons. The molecule has 80 valence electrons. The lowest BCUT2D eigenvalue weighted by Crippen LogP contribution is -2.26. The Labute approximate surface area is 86.7 Å². The van der Waals surface area contributed by atoms with Gasteiger partial charge in [-0.2, -0.15) is 0 Å². The highest BCUT2D eigenvalue weighted by Crippen LogP contribution is 2.01. The summed E-state index contributed by atoms with van der Waals surface area (Å²) in [4.78, 5) is 11.7. The van der Waals surface area contributed by atoms with Crippen molar-refractivity contribution in [3.8, 4) is 0 Å². The topological polar surface area (TPSA) is 66.1 Å². The van der Waals surface area contributed by atoms with E-state index in [4.69, 9.17) is 10.2 Å². The summed E-state index contributed by atoms with van der Waals surface area (Å²) in [6, 6.07) is 3.64. The van der Waals surface area contributed by atoms with E-state index in [0.29, 0.717) is 19.6 Å². The van der Waals surface area contributed by atoms with Crippen LogP contribution in [0, 0.1) is 0 Å². The van der Waals surface area contributed by atoms with Crippen LogP contribution in [0.1, 0.15) is 5.76 Å². The summed E-state index contributed by atoms with van der Waals surface area (Å²) in [5, 5.41) is 0. The molecule has 0 saturated carbocycles. The van der Waals surface area contributed by atoms with Crippen LogP contribution in [0.5, 0.6) is 0 Å². The van der Waals surface area contributed by atoms with E-state index in [2.05, 4.69) is 0 Å². The van der Waals surface area contributed by atoms with Gasteiger partial charge in [0.2, 0.25) is 0 Å². The van der Waals surface area contributed by atoms with Crippen molar-refractivity contribution in [1.29, 1.82) is 0 Å². The second-order valence-electron chi connectivity index (χ2n) is 3.27. The Bertz CT molecular complexity index is 467. The van der Waals surface area contributed by atoms with Crippen molar-refractivity contribution in [2.24, 2.45) is 5.73 Å². The summed E-state index contributed by atoms with van der Waals surface area (Å²) >= 11 is 0. The predicted octanol–water partition coefficient (Wildman–Crippen LogP) is 0.250. The van der Waals surface area contributed by atoms with Crippen molar-refractivity contribution in [3.63, 3.8) is 0 Å². The van der Waals surface area contributed by atoms with E-state index in [1.807, 2.05) is 6.07 Å². The van der Waals surface area contributed by atoms with Gasteiger partial charge in [-0.05, 0) is 12.1 Å². The third-order valence-electron chi connectivity index (χ3n) is 2.19. The minimum atomic E-state index is -0.0585. The number of nitrogens with zero attached hydrogens (tertiary/aromatic N) is 2. The van der Waals surface area contributed by atoms with Crippen molar-refractivity contribution in [3.05, 3.63) is 47.0 Å². The van der Waals surface area contributed by atoms with Gasteiger partial charge < -0.3 is 10.2 Å². The minimum Gasteiger partial charge on any atom is -0.467 e. The number of imidazole rings is 1. The second kappa shape index (κ2) is 4.18. The van der Waals surface area contributed by atoms with Crippen LogP contribution in [0.2, 0.25) is 0 Å². The fourth-order valence-corrected chi connectivity index (χ4v) is 1.45. The number of hydrogen-bond donors (Lipinski definition) is 1. The van der Waals surface area contributed by atoms with Gasteiger partial charge in [-0.3, -0.25) is 9.13 Å². The number of furan rings is 1. The van der Waals surface area contributed by atoms with Gasteiger partial charge in [0.05, 0.1) is 12.8 Å². The van der Waals surface area contributed by atoms with Crippen LogP contribution in [0.4, 0.5) is 0 Å². The predicted molar refractivity (Wildman–Crippen MR) is 55.6 cm³/mol. The van der Waals surface area contributed by atoms with Crippen LogP contribution in [-0.4, -0.2) is 15.7 Å². The Morgan fingerprint density at radius 3 is 2.80 bits per heavy atom. The largest absolute Gasteiger partial charge is 0.467 e. The molecule has 0 aliphatic rings. The fourth-order valence-electron chi connectivity index (χ4n) is 1.45. The Kier molecular flexibility index (Phi) is 2.73. The zero-order chi connectivity index (χ0) is 10.7. The molecule has 0 aromatic carbocycles.